The van der Waals surface area contributed by atoms with E-state index in [1.807, 2.05) is 44.2 Å². The number of primary amides is 1. The van der Waals surface area contributed by atoms with Crippen molar-refractivity contribution in [3.8, 4) is 5.75 Å². The number of carbonyl (C=O) groups excluding carboxylic acids is 2. The van der Waals surface area contributed by atoms with Gasteiger partial charge in [0.25, 0.3) is 0 Å². The van der Waals surface area contributed by atoms with Crippen molar-refractivity contribution >= 4 is 11.8 Å². The maximum absolute atomic E-state index is 14.3. The summed E-state index contributed by atoms with van der Waals surface area (Å²) in [4.78, 5) is 29.1. The highest BCUT2D eigenvalue weighted by Crippen LogP contribution is 2.48. The molecule has 10 heteroatoms. The first kappa shape index (κ1) is 33.1. The second-order valence-corrected chi connectivity index (χ2v) is 11.0. The third-order valence-corrected chi connectivity index (χ3v) is 7.84. The van der Waals surface area contributed by atoms with Gasteiger partial charge in [0, 0.05) is 19.6 Å². The fourth-order valence-corrected chi connectivity index (χ4v) is 5.90. The predicted molar refractivity (Wildman–Crippen MR) is 155 cm³/mol. The number of nitrogens with zero attached hydrogens (tertiary/aromatic N) is 1. The molecule has 0 saturated carbocycles. The van der Waals surface area contributed by atoms with Crippen LogP contribution in [-0.4, -0.2) is 53.9 Å². The molecule has 0 fully saturated rings. The highest BCUT2D eigenvalue weighted by molar-refractivity contribution is 5.89. The van der Waals surface area contributed by atoms with Crippen LogP contribution in [0.25, 0.3) is 0 Å². The largest absolute Gasteiger partial charge is 0.573 e. The molecule has 4 N–H and O–H groups in total. The monoisotopic (exact) mass is 589 g/mol. The number of allylic oxidation sites excluding steroid dienone is 1. The number of ether oxygens (including phenoxy) is 1. The number of nitrogens with one attached hydrogen (secondary N) is 1. The molecule has 42 heavy (non-hydrogen) atoms. The molecule has 2 aromatic rings. The Bertz CT molecular complexity index is 1200. The summed E-state index contributed by atoms with van der Waals surface area (Å²) >= 11 is 0. The van der Waals surface area contributed by atoms with E-state index in [0.717, 1.165) is 18.4 Å². The third kappa shape index (κ3) is 8.13. The number of alkyl halides is 3. The van der Waals surface area contributed by atoms with E-state index in [1.54, 1.807) is 23.1 Å². The van der Waals surface area contributed by atoms with E-state index >= 15 is 0 Å². The van der Waals surface area contributed by atoms with Crippen LogP contribution < -0.4 is 15.8 Å². The van der Waals surface area contributed by atoms with Crippen LogP contribution in [0.5, 0.6) is 5.75 Å². The van der Waals surface area contributed by atoms with E-state index < -0.39 is 29.2 Å². The standard InChI is InChI=1S/C32H42F3N3O4/c1-3-19-38(20-4-2)29(41)30(17-10-18-37-23-25-13-8-14-26(21-25)42-32(33,34)35)15-9-16-31(27(30)39,28(36)40)22-24-11-6-5-7-12-24/h5-9,11-14,16,21,27,37,39H,3-4,10,15,17-20,22-23H2,1-2H3,(H2,36,40)/t27-,30?,31-/m1/s1. The minimum Gasteiger partial charge on any atom is -0.406 e. The number of aliphatic hydroxyl groups excluding tert-OH is 1. The number of halogens is 3. The van der Waals surface area contributed by atoms with Crippen molar-refractivity contribution in [2.75, 3.05) is 19.6 Å². The summed E-state index contributed by atoms with van der Waals surface area (Å²) < 4.78 is 41.8. The number of benzene rings is 2. The number of amides is 2. The highest BCUT2D eigenvalue weighted by Gasteiger charge is 2.58. The molecule has 0 bridgehead atoms. The van der Waals surface area contributed by atoms with Gasteiger partial charge in [-0.2, -0.15) is 0 Å². The van der Waals surface area contributed by atoms with E-state index in [1.165, 1.54) is 18.2 Å². The van der Waals surface area contributed by atoms with Gasteiger partial charge in [-0.3, -0.25) is 9.59 Å². The summed E-state index contributed by atoms with van der Waals surface area (Å²) in [6.07, 6.45) is 0.0134. The molecule has 1 aliphatic rings. The predicted octanol–water partition coefficient (Wildman–Crippen LogP) is 5.13. The maximum atomic E-state index is 14.3. The third-order valence-electron chi connectivity index (χ3n) is 7.84. The Morgan fingerprint density at radius 3 is 2.36 bits per heavy atom. The van der Waals surface area contributed by atoms with Crippen LogP contribution in [0.4, 0.5) is 13.2 Å². The minimum absolute atomic E-state index is 0.159. The SMILES string of the molecule is CCCN(CCC)C(=O)C1(CCCNCc2cccc(OC(F)(F)F)c2)CC=C[C@](Cc2ccccc2)(C(N)=O)[C@@H]1O. The number of nitrogens with two attached hydrogens (primary N) is 1. The molecule has 0 spiro atoms. The first-order valence-corrected chi connectivity index (χ1v) is 14.5. The van der Waals surface area contributed by atoms with Gasteiger partial charge in [0.05, 0.1) is 16.9 Å². The zero-order valence-corrected chi connectivity index (χ0v) is 24.3. The van der Waals surface area contributed by atoms with Crippen molar-refractivity contribution in [1.29, 1.82) is 0 Å². The van der Waals surface area contributed by atoms with E-state index in [9.17, 15) is 27.9 Å². The quantitative estimate of drug-likeness (QED) is 0.198. The van der Waals surface area contributed by atoms with Gasteiger partial charge >= 0.3 is 6.36 Å². The van der Waals surface area contributed by atoms with Crippen LogP contribution in [-0.2, 0) is 22.6 Å². The van der Waals surface area contributed by atoms with Gasteiger partial charge < -0.3 is 25.8 Å². The van der Waals surface area contributed by atoms with E-state index in [0.29, 0.717) is 31.6 Å². The van der Waals surface area contributed by atoms with Crippen molar-refractivity contribution in [2.45, 2.75) is 71.4 Å². The summed E-state index contributed by atoms with van der Waals surface area (Å²) in [7, 11) is 0. The van der Waals surface area contributed by atoms with Crippen molar-refractivity contribution in [1.82, 2.24) is 10.2 Å². The second kappa shape index (κ2) is 14.7. The molecule has 0 radical (unpaired) electrons. The molecule has 2 aromatic carbocycles. The van der Waals surface area contributed by atoms with Crippen molar-refractivity contribution in [3.63, 3.8) is 0 Å². The lowest BCUT2D eigenvalue weighted by atomic mass is 9.58. The molecule has 0 aromatic heterocycles. The van der Waals surface area contributed by atoms with Crippen LogP contribution >= 0.6 is 0 Å². The summed E-state index contributed by atoms with van der Waals surface area (Å²) in [5.74, 6) is -1.18. The molecule has 1 aliphatic carbocycles. The van der Waals surface area contributed by atoms with E-state index in [2.05, 4.69) is 10.1 Å². The lowest BCUT2D eigenvalue weighted by molar-refractivity contribution is -0.274. The molecule has 0 saturated heterocycles. The fraction of sp³-hybridized carbons (Fsp3) is 0.500. The fourth-order valence-electron chi connectivity index (χ4n) is 5.90. The topological polar surface area (TPSA) is 105 Å². The smallest absolute Gasteiger partial charge is 0.406 e. The maximum Gasteiger partial charge on any atom is 0.573 e. The molecule has 7 nitrogen and oxygen atoms in total. The van der Waals surface area contributed by atoms with Gasteiger partial charge in [-0.15, -0.1) is 13.2 Å². The van der Waals surface area contributed by atoms with E-state index in [-0.39, 0.29) is 37.5 Å². The lowest BCUT2D eigenvalue weighted by Gasteiger charge is -2.49. The molecule has 3 rings (SSSR count). The Kier molecular flexibility index (Phi) is 11.6. The summed E-state index contributed by atoms with van der Waals surface area (Å²) in [5.41, 5.74) is 4.67. The Hall–Kier alpha value is -3.37. The lowest BCUT2D eigenvalue weighted by Crippen LogP contribution is -2.61. The minimum atomic E-state index is -4.77. The zero-order chi connectivity index (χ0) is 30.8. The zero-order valence-electron chi connectivity index (χ0n) is 24.3. The molecular formula is C32H42F3N3O4. The normalized spacial score (nSPS) is 22.1. The van der Waals surface area contributed by atoms with Crippen LogP contribution in [0.1, 0.15) is 57.1 Å². The average molecular weight is 590 g/mol. The molecule has 0 heterocycles. The van der Waals surface area contributed by atoms with E-state index in [4.69, 9.17) is 5.73 Å². The summed E-state index contributed by atoms with van der Waals surface area (Å²) in [6.45, 7) is 5.75. The van der Waals surface area contributed by atoms with Gasteiger partial charge in [-0.25, -0.2) is 0 Å². The van der Waals surface area contributed by atoms with Crippen molar-refractivity contribution < 1.29 is 32.6 Å². The van der Waals surface area contributed by atoms with Crippen molar-refractivity contribution in [2.24, 2.45) is 16.6 Å². The molecule has 2 amide bonds. The van der Waals surface area contributed by atoms with Crippen LogP contribution in [0.3, 0.4) is 0 Å². The number of hydrogen-bond donors (Lipinski definition) is 3. The van der Waals surface area contributed by atoms with Gasteiger partial charge in [-0.1, -0.05) is 68.5 Å². The molecule has 3 atom stereocenters. The van der Waals surface area contributed by atoms with Crippen LogP contribution in [0.15, 0.2) is 66.7 Å². The molecule has 0 aliphatic heterocycles. The van der Waals surface area contributed by atoms with Gasteiger partial charge in [0.1, 0.15) is 5.75 Å². The van der Waals surface area contributed by atoms with Crippen LogP contribution in [0, 0.1) is 10.8 Å². The van der Waals surface area contributed by atoms with Crippen LogP contribution in [0.2, 0.25) is 0 Å². The Morgan fingerprint density at radius 1 is 1.07 bits per heavy atom. The van der Waals surface area contributed by atoms with Crippen molar-refractivity contribution in [3.05, 3.63) is 77.9 Å². The Balaban J connectivity index is 1.82. The molecule has 1 unspecified atom stereocenters. The molecular weight excluding hydrogens is 547 g/mol. The highest BCUT2D eigenvalue weighted by atomic mass is 19.4. The number of rotatable bonds is 15. The van der Waals surface area contributed by atoms with Gasteiger partial charge in [0.15, 0.2) is 0 Å². The Labute approximate surface area is 245 Å². The number of hydrogen-bond acceptors (Lipinski definition) is 5. The Morgan fingerprint density at radius 2 is 1.74 bits per heavy atom. The first-order valence-electron chi connectivity index (χ1n) is 14.5. The number of carbonyl (C=O) groups is 2. The molecule has 230 valence electrons. The van der Waals surface area contributed by atoms with Gasteiger partial charge in [-0.05, 0) is 68.3 Å². The average Bonchev–Trinajstić information content (AvgIpc) is 2.94. The number of aliphatic hydroxyl groups is 1. The van der Waals surface area contributed by atoms with Gasteiger partial charge in [0.2, 0.25) is 11.8 Å². The first-order chi connectivity index (χ1) is 20.0. The second-order valence-electron chi connectivity index (χ2n) is 11.0. The summed E-state index contributed by atoms with van der Waals surface area (Å²) in [5, 5.41) is 15.3. The summed E-state index contributed by atoms with van der Waals surface area (Å²) in [6, 6.07) is 15.0.